The Labute approximate surface area is 192 Å². The summed E-state index contributed by atoms with van der Waals surface area (Å²) in [5.41, 5.74) is 2.40. The van der Waals surface area contributed by atoms with Gasteiger partial charge in [-0.05, 0) is 31.9 Å². The smallest absolute Gasteiger partial charge is 0.275 e. The van der Waals surface area contributed by atoms with Crippen molar-refractivity contribution in [1.82, 2.24) is 44.8 Å². The van der Waals surface area contributed by atoms with Gasteiger partial charge in [-0.1, -0.05) is 5.16 Å². The predicted molar refractivity (Wildman–Crippen MR) is 115 cm³/mol. The fourth-order valence-corrected chi connectivity index (χ4v) is 3.95. The fourth-order valence-electron chi connectivity index (χ4n) is 3.95. The van der Waals surface area contributed by atoms with E-state index >= 15 is 0 Å². The number of hydrogen-bond acceptors (Lipinski definition) is 11. The van der Waals surface area contributed by atoms with E-state index in [4.69, 9.17) is 23.8 Å². The summed E-state index contributed by atoms with van der Waals surface area (Å²) in [5.74, 6) is 2.90. The summed E-state index contributed by atoms with van der Waals surface area (Å²) < 4.78 is 25.4. The van der Waals surface area contributed by atoms with Gasteiger partial charge in [0, 0.05) is 31.3 Å². The Balaban J connectivity index is 1.30. The van der Waals surface area contributed by atoms with Crippen molar-refractivity contribution in [1.29, 1.82) is 0 Å². The SMILES string of the molecule is COc1cc2nnc(-c3cc(C)on3)n2nc1OCc1ccc2nnc(C3CCOCC3)n2n1. The van der Waals surface area contributed by atoms with Gasteiger partial charge in [-0.15, -0.1) is 25.5 Å². The van der Waals surface area contributed by atoms with E-state index < -0.39 is 0 Å². The first-order valence-electron chi connectivity index (χ1n) is 10.9. The molecule has 0 N–H and O–H groups in total. The molecule has 0 amide bonds. The summed E-state index contributed by atoms with van der Waals surface area (Å²) in [7, 11) is 1.54. The summed E-state index contributed by atoms with van der Waals surface area (Å²) >= 11 is 0. The standard InChI is InChI=1S/C21H21N9O4/c1-12-9-15(28-34-12)20-25-23-18-10-16(31-2)21(27-30(18)20)33-11-14-3-4-17-22-24-19(29(17)26-14)13-5-7-32-8-6-13/h3-4,9-10,13H,5-8,11H2,1-2H3. The molecule has 0 unspecified atom stereocenters. The van der Waals surface area contributed by atoms with Gasteiger partial charge in [-0.3, -0.25) is 0 Å². The van der Waals surface area contributed by atoms with E-state index in [-0.39, 0.29) is 18.4 Å². The zero-order valence-electron chi connectivity index (χ0n) is 18.6. The molecule has 34 heavy (non-hydrogen) atoms. The lowest BCUT2D eigenvalue weighted by molar-refractivity contribution is 0.0831. The third-order valence-corrected chi connectivity index (χ3v) is 5.69. The zero-order chi connectivity index (χ0) is 23.1. The van der Waals surface area contributed by atoms with Crippen molar-refractivity contribution in [3.05, 3.63) is 41.5 Å². The molecule has 1 aliphatic heterocycles. The van der Waals surface area contributed by atoms with Crippen LogP contribution in [0.2, 0.25) is 0 Å². The monoisotopic (exact) mass is 463 g/mol. The van der Waals surface area contributed by atoms with E-state index in [1.165, 1.54) is 4.52 Å². The minimum Gasteiger partial charge on any atom is -0.491 e. The predicted octanol–water partition coefficient (Wildman–Crippen LogP) is 2.01. The fraction of sp³-hybridized carbons (Fsp3) is 0.381. The van der Waals surface area contributed by atoms with Crippen molar-refractivity contribution < 1.29 is 18.7 Å². The van der Waals surface area contributed by atoms with Gasteiger partial charge in [0.2, 0.25) is 5.82 Å². The second kappa shape index (κ2) is 8.33. The normalized spacial score (nSPS) is 14.8. The summed E-state index contributed by atoms with van der Waals surface area (Å²) in [4.78, 5) is 0. The van der Waals surface area contributed by atoms with E-state index in [0.29, 0.717) is 40.0 Å². The van der Waals surface area contributed by atoms with Crippen LogP contribution >= 0.6 is 0 Å². The molecule has 5 aromatic rings. The lowest BCUT2D eigenvalue weighted by Crippen LogP contribution is -2.17. The maximum Gasteiger partial charge on any atom is 0.275 e. The molecule has 174 valence electrons. The summed E-state index contributed by atoms with van der Waals surface area (Å²) in [6.07, 6.45) is 1.80. The van der Waals surface area contributed by atoms with Crippen molar-refractivity contribution >= 4 is 11.3 Å². The Hall–Kier alpha value is -4.13. The minimum atomic E-state index is 0.163. The molecule has 1 saturated heterocycles. The average Bonchev–Trinajstić information content (AvgIpc) is 3.60. The second-order valence-electron chi connectivity index (χ2n) is 7.96. The van der Waals surface area contributed by atoms with E-state index in [2.05, 4.69) is 30.7 Å². The molecule has 0 radical (unpaired) electrons. The van der Waals surface area contributed by atoms with Gasteiger partial charge in [0.05, 0.1) is 12.8 Å². The Morgan fingerprint density at radius 1 is 1.00 bits per heavy atom. The maximum atomic E-state index is 6.01. The molecule has 0 bridgehead atoms. The van der Waals surface area contributed by atoms with E-state index in [1.807, 2.05) is 12.1 Å². The van der Waals surface area contributed by atoms with E-state index in [0.717, 1.165) is 31.9 Å². The van der Waals surface area contributed by atoms with Crippen LogP contribution in [0.25, 0.3) is 22.8 Å². The Morgan fingerprint density at radius 2 is 1.85 bits per heavy atom. The number of nitrogens with zero attached hydrogens (tertiary/aromatic N) is 9. The first kappa shape index (κ1) is 20.5. The number of hydrogen-bond donors (Lipinski definition) is 0. The highest BCUT2D eigenvalue weighted by molar-refractivity contribution is 5.56. The van der Waals surface area contributed by atoms with Gasteiger partial charge in [0.15, 0.2) is 28.6 Å². The summed E-state index contributed by atoms with van der Waals surface area (Å²) in [6, 6.07) is 7.19. The quantitative estimate of drug-likeness (QED) is 0.365. The lowest BCUT2D eigenvalue weighted by atomic mass is 10.00. The van der Waals surface area contributed by atoms with Gasteiger partial charge in [0.1, 0.15) is 12.4 Å². The lowest BCUT2D eigenvalue weighted by Gasteiger charge is -2.20. The molecular formula is C21H21N9O4. The van der Waals surface area contributed by atoms with Crippen LogP contribution < -0.4 is 9.47 Å². The molecular weight excluding hydrogens is 442 g/mol. The van der Waals surface area contributed by atoms with Crippen molar-refractivity contribution in [3.8, 4) is 23.1 Å². The number of fused-ring (bicyclic) bond motifs is 2. The van der Waals surface area contributed by atoms with Crippen molar-refractivity contribution in [2.45, 2.75) is 32.3 Å². The largest absolute Gasteiger partial charge is 0.491 e. The van der Waals surface area contributed by atoms with Gasteiger partial charge in [-0.2, -0.15) is 14.1 Å². The molecule has 0 aliphatic carbocycles. The molecule has 13 heteroatoms. The van der Waals surface area contributed by atoms with Gasteiger partial charge >= 0.3 is 0 Å². The van der Waals surface area contributed by atoms with Crippen LogP contribution in [0.4, 0.5) is 0 Å². The van der Waals surface area contributed by atoms with E-state index in [1.54, 1.807) is 30.7 Å². The molecule has 1 fully saturated rings. The van der Waals surface area contributed by atoms with E-state index in [9.17, 15) is 0 Å². The summed E-state index contributed by atoms with van der Waals surface area (Å²) in [5, 5.41) is 30.2. The van der Waals surface area contributed by atoms with Crippen LogP contribution in [0.1, 0.15) is 36.0 Å². The zero-order valence-corrected chi connectivity index (χ0v) is 18.6. The number of methoxy groups -OCH3 is 1. The third-order valence-electron chi connectivity index (χ3n) is 5.69. The molecule has 0 saturated carbocycles. The van der Waals surface area contributed by atoms with Gasteiger partial charge in [-0.25, -0.2) is 0 Å². The highest BCUT2D eigenvalue weighted by Crippen LogP contribution is 2.28. The Morgan fingerprint density at radius 3 is 2.65 bits per heavy atom. The topological polar surface area (TPSA) is 140 Å². The van der Waals surface area contributed by atoms with Crippen LogP contribution in [0.3, 0.4) is 0 Å². The highest BCUT2D eigenvalue weighted by Gasteiger charge is 2.22. The number of aryl methyl sites for hydroxylation is 1. The van der Waals surface area contributed by atoms with Crippen LogP contribution in [-0.4, -0.2) is 65.1 Å². The van der Waals surface area contributed by atoms with Gasteiger partial charge in [0.25, 0.3) is 5.88 Å². The maximum absolute atomic E-state index is 6.01. The minimum absolute atomic E-state index is 0.163. The van der Waals surface area contributed by atoms with Crippen molar-refractivity contribution in [2.24, 2.45) is 0 Å². The first-order valence-corrected chi connectivity index (χ1v) is 10.9. The molecule has 5 aromatic heterocycles. The van der Waals surface area contributed by atoms with Crippen LogP contribution in [-0.2, 0) is 11.3 Å². The molecule has 13 nitrogen and oxygen atoms in total. The summed E-state index contributed by atoms with van der Waals surface area (Å²) in [6.45, 7) is 3.40. The van der Waals surface area contributed by atoms with Gasteiger partial charge < -0.3 is 18.7 Å². The number of aromatic nitrogens is 9. The number of ether oxygens (including phenoxy) is 3. The van der Waals surface area contributed by atoms with Crippen molar-refractivity contribution in [2.75, 3.05) is 20.3 Å². The first-order chi connectivity index (χ1) is 16.7. The molecule has 0 spiro atoms. The highest BCUT2D eigenvalue weighted by atomic mass is 16.5. The molecule has 6 heterocycles. The molecule has 6 rings (SSSR count). The number of rotatable bonds is 6. The Kier molecular flexibility index (Phi) is 5.02. The van der Waals surface area contributed by atoms with Crippen LogP contribution in [0, 0.1) is 6.92 Å². The Bertz CT molecular complexity index is 1470. The molecule has 1 aliphatic rings. The van der Waals surface area contributed by atoms with Crippen LogP contribution in [0.15, 0.2) is 28.8 Å². The van der Waals surface area contributed by atoms with Crippen LogP contribution in [0.5, 0.6) is 11.6 Å². The molecule has 0 aromatic carbocycles. The average molecular weight is 463 g/mol. The third kappa shape index (κ3) is 3.59. The van der Waals surface area contributed by atoms with Crippen molar-refractivity contribution in [3.63, 3.8) is 0 Å². The second-order valence-corrected chi connectivity index (χ2v) is 7.96. The molecule has 0 atom stereocenters.